The van der Waals surface area contributed by atoms with Crippen LogP contribution < -0.4 is 15.5 Å². The predicted octanol–water partition coefficient (Wildman–Crippen LogP) is 2.41. The SMILES string of the molecule is O=C(N[C@@H]1CCCN(c2ccccc2F)C1)N[C@H]1C[C@H]2CC[C@@H]1O2. The number of hydrogen-bond acceptors (Lipinski definition) is 3. The van der Waals surface area contributed by atoms with Gasteiger partial charge in [-0.1, -0.05) is 12.1 Å². The summed E-state index contributed by atoms with van der Waals surface area (Å²) in [6, 6.07) is 6.86. The van der Waals surface area contributed by atoms with Crippen LogP contribution in [0.4, 0.5) is 14.9 Å². The monoisotopic (exact) mass is 333 g/mol. The van der Waals surface area contributed by atoms with Crippen molar-refractivity contribution >= 4 is 11.7 Å². The standard InChI is InChI=1S/C18H24FN3O2/c19-14-5-1-2-6-16(14)22-9-3-4-12(11-22)20-18(23)21-15-10-13-7-8-17(15)24-13/h1-2,5-6,12-13,15,17H,3-4,7-11H2,(H2,20,21,23)/t12-,13-,15+,17+/m1/s1. The number of carbonyl (C=O) groups is 1. The van der Waals surface area contributed by atoms with Crippen molar-refractivity contribution in [1.29, 1.82) is 0 Å². The first-order valence-electron chi connectivity index (χ1n) is 8.91. The first-order valence-corrected chi connectivity index (χ1v) is 8.91. The van der Waals surface area contributed by atoms with Crippen LogP contribution in [-0.4, -0.2) is 43.4 Å². The largest absolute Gasteiger partial charge is 0.373 e. The summed E-state index contributed by atoms with van der Waals surface area (Å²) in [4.78, 5) is 14.3. The summed E-state index contributed by atoms with van der Waals surface area (Å²) in [5.74, 6) is -0.207. The Hall–Kier alpha value is -1.82. The van der Waals surface area contributed by atoms with Crippen molar-refractivity contribution in [3.05, 3.63) is 30.1 Å². The van der Waals surface area contributed by atoms with Crippen molar-refractivity contribution in [2.24, 2.45) is 0 Å². The molecule has 3 fully saturated rings. The zero-order valence-electron chi connectivity index (χ0n) is 13.7. The van der Waals surface area contributed by atoms with E-state index in [2.05, 4.69) is 10.6 Å². The highest BCUT2D eigenvalue weighted by molar-refractivity contribution is 5.75. The summed E-state index contributed by atoms with van der Waals surface area (Å²) in [6.45, 7) is 1.46. The van der Waals surface area contributed by atoms with Crippen LogP contribution in [0.5, 0.6) is 0 Å². The molecule has 6 heteroatoms. The molecule has 1 aromatic rings. The highest BCUT2D eigenvalue weighted by atomic mass is 19.1. The zero-order chi connectivity index (χ0) is 16.5. The van der Waals surface area contributed by atoms with Crippen LogP contribution in [0.1, 0.15) is 32.1 Å². The minimum atomic E-state index is -0.207. The molecule has 0 unspecified atom stereocenters. The van der Waals surface area contributed by atoms with Crippen molar-refractivity contribution in [2.75, 3.05) is 18.0 Å². The fraction of sp³-hybridized carbons (Fsp3) is 0.611. The minimum Gasteiger partial charge on any atom is -0.373 e. The van der Waals surface area contributed by atoms with Crippen LogP contribution in [0.25, 0.3) is 0 Å². The van der Waals surface area contributed by atoms with Gasteiger partial charge in [0.25, 0.3) is 0 Å². The molecule has 130 valence electrons. The third-order valence-corrected chi connectivity index (χ3v) is 5.37. The van der Waals surface area contributed by atoms with Crippen molar-refractivity contribution in [3.63, 3.8) is 0 Å². The number of nitrogens with one attached hydrogen (secondary N) is 2. The number of rotatable bonds is 3. The van der Waals surface area contributed by atoms with E-state index in [0.29, 0.717) is 18.3 Å². The minimum absolute atomic E-state index is 0.0397. The summed E-state index contributed by atoms with van der Waals surface area (Å²) in [6.07, 6.45) is 5.45. The summed E-state index contributed by atoms with van der Waals surface area (Å²) in [5.41, 5.74) is 0.617. The smallest absolute Gasteiger partial charge is 0.315 e. The number of ether oxygens (including phenoxy) is 1. The van der Waals surface area contributed by atoms with Gasteiger partial charge in [0.1, 0.15) is 5.82 Å². The maximum atomic E-state index is 14.0. The molecule has 2 N–H and O–H groups in total. The Bertz CT molecular complexity index is 612. The molecule has 5 nitrogen and oxygen atoms in total. The topological polar surface area (TPSA) is 53.6 Å². The first-order chi connectivity index (χ1) is 11.7. The van der Waals surface area contributed by atoms with Crippen molar-refractivity contribution in [3.8, 4) is 0 Å². The zero-order valence-corrected chi connectivity index (χ0v) is 13.7. The number of halogens is 1. The number of para-hydroxylation sites is 1. The lowest BCUT2D eigenvalue weighted by Crippen LogP contribution is -2.53. The second kappa shape index (κ2) is 6.59. The number of piperidine rings is 1. The molecule has 0 aromatic heterocycles. The molecule has 0 aliphatic carbocycles. The van der Waals surface area contributed by atoms with E-state index >= 15 is 0 Å². The third kappa shape index (κ3) is 3.20. The van der Waals surface area contributed by atoms with Gasteiger partial charge in [0.05, 0.1) is 23.9 Å². The van der Waals surface area contributed by atoms with Gasteiger partial charge < -0.3 is 20.3 Å². The Morgan fingerprint density at radius 3 is 2.83 bits per heavy atom. The van der Waals surface area contributed by atoms with Crippen LogP contribution in [0.3, 0.4) is 0 Å². The molecule has 4 rings (SSSR count). The van der Waals surface area contributed by atoms with E-state index in [-0.39, 0.29) is 30.0 Å². The molecule has 3 aliphatic rings. The average Bonchev–Trinajstić information content (AvgIpc) is 3.18. The second-order valence-corrected chi connectivity index (χ2v) is 7.07. The number of benzene rings is 1. The molecular formula is C18H24FN3O2. The Morgan fingerprint density at radius 1 is 1.21 bits per heavy atom. The lowest BCUT2D eigenvalue weighted by molar-refractivity contribution is 0.0980. The van der Waals surface area contributed by atoms with E-state index < -0.39 is 0 Å². The Morgan fingerprint density at radius 2 is 2.08 bits per heavy atom. The predicted molar refractivity (Wildman–Crippen MR) is 89.6 cm³/mol. The molecule has 2 bridgehead atoms. The van der Waals surface area contributed by atoms with E-state index in [4.69, 9.17) is 4.74 Å². The van der Waals surface area contributed by atoms with Crippen LogP contribution in [0.15, 0.2) is 24.3 Å². The fourth-order valence-electron chi connectivity index (χ4n) is 4.21. The van der Waals surface area contributed by atoms with Gasteiger partial charge >= 0.3 is 6.03 Å². The number of fused-ring (bicyclic) bond motifs is 2. The van der Waals surface area contributed by atoms with Gasteiger partial charge in [0.2, 0.25) is 0 Å². The number of urea groups is 1. The third-order valence-electron chi connectivity index (χ3n) is 5.37. The van der Waals surface area contributed by atoms with E-state index in [0.717, 1.165) is 38.6 Å². The van der Waals surface area contributed by atoms with Gasteiger partial charge in [-0.15, -0.1) is 0 Å². The summed E-state index contributed by atoms with van der Waals surface area (Å²) >= 11 is 0. The van der Waals surface area contributed by atoms with Crippen LogP contribution in [0.2, 0.25) is 0 Å². The first kappa shape index (κ1) is 15.7. The Kier molecular flexibility index (Phi) is 4.31. The molecule has 3 heterocycles. The quantitative estimate of drug-likeness (QED) is 0.893. The van der Waals surface area contributed by atoms with Gasteiger partial charge in [-0.2, -0.15) is 0 Å². The lowest BCUT2D eigenvalue weighted by Gasteiger charge is -2.35. The van der Waals surface area contributed by atoms with Crippen LogP contribution in [0, 0.1) is 5.82 Å². The van der Waals surface area contributed by atoms with Crippen LogP contribution >= 0.6 is 0 Å². The van der Waals surface area contributed by atoms with E-state index in [1.54, 1.807) is 12.1 Å². The number of anilines is 1. The van der Waals surface area contributed by atoms with E-state index in [1.165, 1.54) is 6.07 Å². The van der Waals surface area contributed by atoms with Crippen molar-refractivity contribution < 1.29 is 13.9 Å². The van der Waals surface area contributed by atoms with Crippen molar-refractivity contribution in [2.45, 2.75) is 56.4 Å². The second-order valence-electron chi connectivity index (χ2n) is 7.07. The number of amides is 2. The number of nitrogens with zero attached hydrogens (tertiary/aromatic N) is 1. The van der Waals surface area contributed by atoms with Gasteiger partial charge in [0.15, 0.2) is 0 Å². The molecule has 24 heavy (non-hydrogen) atoms. The average molecular weight is 333 g/mol. The number of carbonyl (C=O) groups excluding carboxylic acids is 1. The molecule has 3 saturated heterocycles. The lowest BCUT2D eigenvalue weighted by atomic mass is 9.96. The molecule has 3 aliphatic heterocycles. The molecular weight excluding hydrogens is 309 g/mol. The maximum absolute atomic E-state index is 14.0. The van der Waals surface area contributed by atoms with E-state index in [9.17, 15) is 9.18 Å². The van der Waals surface area contributed by atoms with Gasteiger partial charge in [-0.3, -0.25) is 0 Å². The summed E-state index contributed by atoms with van der Waals surface area (Å²) < 4.78 is 19.7. The van der Waals surface area contributed by atoms with Gasteiger partial charge in [0, 0.05) is 19.1 Å². The Balaban J connectivity index is 1.31. The van der Waals surface area contributed by atoms with Gasteiger partial charge in [-0.25, -0.2) is 9.18 Å². The normalized spacial score (nSPS) is 32.0. The molecule has 0 radical (unpaired) electrons. The Labute approximate surface area is 141 Å². The fourth-order valence-corrected chi connectivity index (χ4v) is 4.21. The van der Waals surface area contributed by atoms with E-state index in [1.807, 2.05) is 11.0 Å². The van der Waals surface area contributed by atoms with Crippen LogP contribution in [-0.2, 0) is 4.74 Å². The summed E-state index contributed by atoms with van der Waals surface area (Å²) in [7, 11) is 0. The molecule has 0 saturated carbocycles. The molecule has 4 atom stereocenters. The highest BCUT2D eigenvalue weighted by Crippen LogP contribution is 2.34. The number of hydrogen-bond donors (Lipinski definition) is 2. The molecule has 2 amide bonds. The summed E-state index contributed by atoms with van der Waals surface area (Å²) in [5, 5.41) is 6.11. The maximum Gasteiger partial charge on any atom is 0.315 e. The highest BCUT2D eigenvalue weighted by Gasteiger charge is 2.41. The molecule has 0 spiro atoms. The van der Waals surface area contributed by atoms with Gasteiger partial charge in [-0.05, 0) is 44.2 Å². The molecule has 1 aromatic carbocycles. The van der Waals surface area contributed by atoms with Crippen molar-refractivity contribution in [1.82, 2.24) is 10.6 Å².